The fourth-order valence-electron chi connectivity index (χ4n) is 8.59. The highest BCUT2D eigenvalue weighted by Gasteiger charge is 2.47. The Bertz CT molecular complexity index is 2670. The predicted molar refractivity (Wildman–Crippen MR) is 223 cm³/mol. The normalized spacial score (nSPS) is 14.8. The lowest BCUT2D eigenvalue weighted by Gasteiger charge is -2.35. The third-order valence-electron chi connectivity index (χ3n) is 10.9. The summed E-state index contributed by atoms with van der Waals surface area (Å²) < 4.78 is 0. The van der Waals surface area contributed by atoms with E-state index in [1.807, 2.05) is 0 Å². The zero-order chi connectivity index (χ0) is 34.5. The summed E-state index contributed by atoms with van der Waals surface area (Å²) in [7, 11) is -0.672. The third kappa shape index (κ3) is 4.87. The molecule has 9 aromatic rings. The van der Waals surface area contributed by atoms with Crippen molar-refractivity contribution in [2.75, 3.05) is 0 Å². The molecule has 0 aliphatic heterocycles. The van der Waals surface area contributed by atoms with Crippen LogP contribution in [-0.2, 0) is 5.41 Å². The van der Waals surface area contributed by atoms with Gasteiger partial charge in [0, 0.05) is 0 Å². The number of fused-ring (bicyclic) bond motifs is 5. The molecular formula is C51H35P. The molecule has 9 aromatic carbocycles. The first-order chi connectivity index (χ1) is 25.8. The van der Waals surface area contributed by atoms with E-state index in [2.05, 4.69) is 212 Å². The van der Waals surface area contributed by atoms with Crippen molar-refractivity contribution in [3.63, 3.8) is 0 Å². The minimum atomic E-state index is -0.672. The van der Waals surface area contributed by atoms with Gasteiger partial charge in [-0.1, -0.05) is 194 Å². The second kappa shape index (κ2) is 12.6. The SMILES string of the molecule is c1ccc(P(c2ccccc2)c2ccc(-c3ccc4c(c3)C(c3ccccc3)(c3cccc5ccccc35)c3cc5ccccc5cc3-4)cc2)cc1. The van der Waals surface area contributed by atoms with Crippen LogP contribution < -0.4 is 15.9 Å². The Morgan fingerprint density at radius 3 is 1.52 bits per heavy atom. The number of hydrogen-bond donors (Lipinski definition) is 0. The van der Waals surface area contributed by atoms with Crippen molar-refractivity contribution in [1.82, 2.24) is 0 Å². The molecule has 0 radical (unpaired) electrons. The smallest absolute Gasteiger partial charge is 0.0622 e. The molecule has 0 N–H and O–H groups in total. The van der Waals surface area contributed by atoms with Gasteiger partial charge < -0.3 is 0 Å². The Kier molecular flexibility index (Phi) is 7.45. The summed E-state index contributed by atoms with van der Waals surface area (Å²) in [5.74, 6) is 0. The summed E-state index contributed by atoms with van der Waals surface area (Å²) >= 11 is 0. The molecule has 10 rings (SSSR count). The highest BCUT2D eigenvalue weighted by molar-refractivity contribution is 7.79. The fraction of sp³-hybridized carbons (Fsp3) is 0.0196. The van der Waals surface area contributed by atoms with Crippen molar-refractivity contribution >= 4 is 45.4 Å². The van der Waals surface area contributed by atoms with Crippen LogP contribution in [0.25, 0.3) is 43.8 Å². The maximum Gasteiger partial charge on any atom is 0.0719 e. The predicted octanol–water partition coefficient (Wildman–Crippen LogP) is 11.8. The molecule has 1 unspecified atom stereocenters. The summed E-state index contributed by atoms with van der Waals surface area (Å²) in [6.45, 7) is 0. The average Bonchev–Trinajstić information content (AvgIpc) is 3.50. The Hall–Kier alpha value is -6.07. The molecule has 0 spiro atoms. The molecule has 0 heterocycles. The molecular weight excluding hydrogens is 644 g/mol. The van der Waals surface area contributed by atoms with Gasteiger partial charge >= 0.3 is 0 Å². The van der Waals surface area contributed by atoms with Crippen molar-refractivity contribution in [2.24, 2.45) is 0 Å². The van der Waals surface area contributed by atoms with E-state index in [1.54, 1.807) is 0 Å². The molecule has 244 valence electrons. The lowest BCUT2D eigenvalue weighted by atomic mass is 9.66. The average molecular weight is 679 g/mol. The van der Waals surface area contributed by atoms with Crippen molar-refractivity contribution < 1.29 is 0 Å². The van der Waals surface area contributed by atoms with Crippen LogP contribution >= 0.6 is 7.92 Å². The van der Waals surface area contributed by atoms with Gasteiger partial charge in [0.2, 0.25) is 0 Å². The van der Waals surface area contributed by atoms with Crippen molar-refractivity contribution in [3.8, 4) is 22.3 Å². The van der Waals surface area contributed by atoms with Crippen molar-refractivity contribution in [2.45, 2.75) is 5.41 Å². The second-order valence-electron chi connectivity index (χ2n) is 13.7. The van der Waals surface area contributed by atoms with Gasteiger partial charge in [0.1, 0.15) is 0 Å². The molecule has 0 bridgehead atoms. The van der Waals surface area contributed by atoms with Gasteiger partial charge in [0.05, 0.1) is 5.41 Å². The van der Waals surface area contributed by atoms with Gasteiger partial charge in [-0.15, -0.1) is 0 Å². The van der Waals surface area contributed by atoms with E-state index in [1.165, 1.54) is 82.0 Å². The summed E-state index contributed by atoms with van der Waals surface area (Å²) in [5, 5.41) is 9.15. The van der Waals surface area contributed by atoms with Crippen LogP contribution in [0.1, 0.15) is 22.3 Å². The van der Waals surface area contributed by atoms with E-state index in [9.17, 15) is 0 Å². The van der Waals surface area contributed by atoms with Gasteiger partial charge in [0.15, 0.2) is 0 Å². The second-order valence-corrected chi connectivity index (χ2v) is 15.9. The Labute approximate surface area is 306 Å². The molecule has 1 atom stereocenters. The lowest BCUT2D eigenvalue weighted by molar-refractivity contribution is 0.778. The molecule has 0 nitrogen and oxygen atoms in total. The summed E-state index contributed by atoms with van der Waals surface area (Å²) in [5.41, 5.74) is 9.82. The van der Waals surface area contributed by atoms with Crippen LogP contribution in [0.4, 0.5) is 0 Å². The quantitative estimate of drug-likeness (QED) is 0.154. The molecule has 0 saturated heterocycles. The topological polar surface area (TPSA) is 0 Å². The van der Waals surface area contributed by atoms with Crippen molar-refractivity contribution in [1.29, 1.82) is 0 Å². The third-order valence-corrected chi connectivity index (χ3v) is 13.3. The zero-order valence-electron chi connectivity index (χ0n) is 28.7. The van der Waals surface area contributed by atoms with E-state index in [4.69, 9.17) is 0 Å². The van der Waals surface area contributed by atoms with Crippen molar-refractivity contribution in [3.05, 3.63) is 235 Å². The first-order valence-electron chi connectivity index (χ1n) is 18.0. The first-order valence-corrected chi connectivity index (χ1v) is 19.4. The van der Waals surface area contributed by atoms with Crippen LogP contribution in [0.3, 0.4) is 0 Å². The number of benzene rings is 9. The van der Waals surface area contributed by atoms with Gasteiger partial charge in [-0.3, -0.25) is 0 Å². The summed E-state index contributed by atoms with van der Waals surface area (Å²) in [6, 6.07) is 79.0. The minimum Gasteiger partial charge on any atom is -0.0622 e. The van der Waals surface area contributed by atoms with Gasteiger partial charge in [-0.2, -0.15) is 0 Å². The maximum atomic E-state index is 2.49. The first kappa shape index (κ1) is 30.7. The fourth-order valence-corrected chi connectivity index (χ4v) is 10.9. The molecule has 1 aliphatic rings. The summed E-state index contributed by atoms with van der Waals surface area (Å²) in [6.07, 6.45) is 0. The molecule has 0 saturated carbocycles. The van der Waals surface area contributed by atoms with E-state index in [-0.39, 0.29) is 0 Å². The monoisotopic (exact) mass is 678 g/mol. The van der Waals surface area contributed by atoms with Crippen LogP contribution in [0.2, 0.25) is 0 Å². The number of rotatable bonds is 6. The van der Waals surface area contributed by atoms with Crippen LogP contribution in [0.5, 0.6) is 0 Å². The molecule has 1 aliphatic carbocycles. The molecule has 0 amide bonds. The minimum absolute atomic E-state index is 0.512. The molecule has 0 aromatic heterocycles. The summed E-state index contributed by atoms with van der Waals surface area (Å²) in [4.78, 5) is 0. The van der Waals surface area contributed by atoms with Crippen LogP contribution in [0.15, 0.2) is 212 Å². The standard InChI is InChI=1S/C51H35P/c1-4-19-41(20-5-1)51(48-26-14-18-37-15-12-13-25-45(37)48)49-35-40(29-32-46(49)47-33-38-16-10-11-17-39(38)34-50(47)51)36-27-30-44(31-28-36)52(42-21-6-2-7-22-42)43-23-8-3-9-24-43/h1-35H. The maximum absolute atomic E-state index is 2.49. The van der Waals surface area contributed by atoms with Gasteiger partial charge in [-0.25, -0.2) is 0 Å². The van der Waals surface area contributed by atoms with Crippen LogP contribution in [0, 0.1) is 0 Å². The van der Waals surface area contributed by atoms with E-state index < -0.39 is 13.3 Å². The lowest BCUT2D eigenvalue weighted by Crippen LogP contribution is -2.29. The Balaban J connectivity index is 1.20. The van der Waals surface area contributed by atoms with Gasteiger partial charge in [0.25, 0.3) is 0 Å². The zero-order valence-corrected chi connectivity index (χ0v) is 29.5. The molecule has 52 heavy (non-hydrogen) atoms. The van der Waals surface area contributed by atoms with Gasteiger partial charge in [-0.05, 0) is 108 Å². The highest BCUT2D eigenvalue weighted by atomic mass is 31.1. The molecule has 0 fully saturated rings. The Morgan fingerprint density at radius 1 is 0.308 bits per heavy atom. The van der Waals surface area contributed by atoms with E-state index in [0.717, 1.165) is 0 Å². The number of hydrogen-bond acceptors (Lipinski definition) is 0. The van der Waals surface area contributed by atoms with E-state index >= 15 is 0 Å². The Morgan fingerprint density at radius 2 is 0.827 bits per heavy atom. The molecule has 1 heteroatoms. The van der Waals surface area contributed by atoms with E-state index in [0.29, 0.717) is 0 Å². The van der Waals surface area contributed by atoms with Crippen LogP contribution in [-0.4, -0.2) is 0 Å². The largest absolute Gasteiger partial charge is 0.0719 e. The highest BCUT2D eigenvalue weighted by Crippen LogP contribution is 2.58.